The van der Waals surface area contributed by atoms with Crippen LogP contribution in [0.3, 0.4) is 0 Å². The molecule has 3 amide bonds. The summed E-state index contributed by atoms with van der Waals surface area (Å²) in [6, 6.07) is 6.29. The molecule has 0 spiro atoms. The van der Waals surface area contributed by atoms with Gasteiger partial charge in [0.1, 0.15) is 11.8 Å². The summed E-state index contributed by atoms with van der Waals surface area (Å²) in [6.07, 6.45) is 1.88. The Bertz CT molecular complexity index is 710. The Hall–Kier alpha value is -2.57. The van der Waals surface area contributed by atoms with Crippen LogP contribution in [0.15, 0.2) is 24.3 Å². The van der Waals surface area contributed by atoms with E-state index >= 15 is 0 Å². The van der Waals surface area contributed by atoms with Gasteiger partial charge in [-0.25, -0.2) is 0 Å². The van der Waals surface area contributed by atoms with Crippen LogP contribution >= 0.6 is 0 Å². The molecule has 7 heteroatoms. The number of likely N-dealkylation sites (N-methyl/N-ethyl adjacent to an activating group) is 1. The number of rotatable bonds is 8. The van der Waals surface area contributed by atoms with Crippen molar-refractivity contribution in [1.29, 1.82) is 0 Å². The molecule has 0 aliphatic carbocycles. The molecule has 1 atom stereocenters. The van der Waals surface area contributed by atoms with Crippen LogP contribution in [0.4, 0.5) is 0 Å². The first-order valence-electron chi connectivity index (χ1n) is 10.5. The maximum absolute atomic E-state index is 13.2. The molecule has 0 aromatic heterocycles. The molecule has 29 heavy (non-hydrogen) atoms. The monoisotopic (exact) mass is 403 g/mol. The predicted octanol–water partition coefficient (Wildman–Crippen LogP) is 2.31. The Morgan fingerprint density at radius 2 is 1.83 bits per heavy atom. The number of nitrogens with one attached hydrogen (secondary N) is 1. The van der Waals surface area contributed by atoms with Gasteiger partial charge in [0.05, 0.1) is 7.11 Å². The number of likely N-dealkylation sites (tertiary alicyclic amines) is 1. The molecular weight excluding hydrogens is 370 g/mol. The molecule has 0 radical (unpaired) electrons. The third kappa shape index (κ3) is 5.71. The SMILES string of the molecule is CCC(=O)N1CCC([C@@H](NC(=O)c2cccc(OC)c2)C(=O)N(CC)CC)CC1. The molecule has 1 saturated heterocycles. The van der Waals surface area contributed by atoms with E-state index in [4.69, 9.17) is 4.74 Å². The number of amides is 3. The summed E-state index contributed by atoms with van der Waals surface area (Å²) in [6.45, 7) is 8.15. The Kier molecular flexibility index (Phi) is 8.49. The van der Waals surface area contributed by atoms with Crippen molar-refractivity contribution >= 4 is 17.7 Å². The van der Waals surface area contributed by atoms with Crippen molar-refractivity contribution in [1.82, 2.24) is 15.1 Å². The molecule has 7 nitrogen and oxygen atoms in total. The molecule has 160 valence electrons. The van der Waals surface area contributed by atoms with Crippen LogP contribution in [0.5, 0.6) is 5.75 Å². The predicted molar refractivity (Wildman–Crippen MR) is 112 cm³/mol. The number of nitrogens with zero attached hydrogens (tertiary/aromatic N) is 2. The van der Waals surface area contributed by atoms with Crippen LogP contribution < -0.4 is 10.1 Å². The molecule has 1 N–H and O–H groups in total. The molecule has 1 aliphatic heterocycles. The van der Waals surface area contributed by atoms with Gasteiger partial charge in [0.15, 0.2) is 0 Å². The molecule has 0 unspecified atom stereocenters. The second-order valence-corrected chi connectivity index (χ2v) is 7.27. The van der Waals surface area contributed by atoms with Crippen LogP contribution in [0.1, 0.15) is 50.4 Å². The molecule has 0 saturated carbocycles. The minimum absolute atomic E-state index is 0.00133. The maximum Gasteiger partial charge on any atom is 0.252 e. The summed E-state index contributed by atoms with van der Waals surface area (Å²) in [5, 5.41) is 2.97. The van der Waals surface area contributed by atoms with Crippen molar-refractivity contribution in [3.05, 3.63) is 29.8 Å². The van der Waals surface area contributed by atoms with Crippen molar-refractivity contribution in [2.24, 2.45) is 5.92 Å². The maximum atomic E-state index is 13.2. The number of hydrogen-bond donors (Lipinski definition) is 1. The molecular formula is C22H33N3O4. The number of benzene rings is 1. The minimum atomic E-state index is -0.604. The molecule has 0 bridgehead atoms. The zero-order valence-corrected chi connectivity index (χ0v) is 17.9. The lowest BCUT2D eigenvalue weighted by molar-refractivity contribution is -0.135. The molecule has 2 rings (SSSR count). The van der Waals surface area contributed by atoms with E-state index in [1.54, 1.807) is 36.3 Å². The van der Waals surface area contributed by atoms with E-state index in [0.717, 1.165) is 0 Å². The number of carbonyl (C=O) groups excluding carboxylic acids is 3. The lowest BCUT2D eigenvalue weighted by Crippen LogP contribution is -2.54. The lowest BCUT2D eigenvalue weighted by Gasteiger charge is -2.37. The van der Waals surface area contributed by atoms with Crippen molar-refractivity contribution < 1.29 is 19.1 Å². The van der Waals surface area contributed by atoms with E-state index in [-0.39, 0.29) is 23.6 Å². The summed E-state index contributed by atoms with van der Waals surface area (Å²) in [4.78, 5) is 41.6. The summed E-state index contributed by atoms with van der Waals surface area (Å²) < 4.78 is 5.20. The summed E-state index contributed by atoms with van der Waals surface area (Å²) in [5.74, 6) is 0.373. The largest absolute Gasteiger partial charge is 0.497 e. The fourth-order valence-corrected chi connectivity index (χ4v) is 3.81. The highest BCUT2D eigenvalue weighted by Crippen LogP contribution is 2.23. The number of hydrogen-bond acceptors (Lipinski definition) is 4. The third-order valence-electron chi connectivity index (χ3n) is 5.63. The van der Waals surface area contributed by atoms with E-state index in [1.807, 2.05) is 25.7 Å². The van der Waals surface area contributed by atoms with Crippen molar-refractivity contribution in [2.75, 3.05) is 33.3 Å². The zero-order valence-electron chi connectivity index (χ0n) is 17.9. The first-order chi connectivity index (χ1) is 13.9. The third-order valence-corrected chi connectivity index (χ3v) is 5.63. The van der Waals surface area contributed by atoms with E-state index in [2.05, 4.69) is 5.32 Å². The fourth-order valence-electron chi connectivity index (χ4n) is 3.81. The Morgan fingerprint density at radius 1 is 1.17 bits per heavy atom. The number of ether oxygens (including phenoxy) is 1. The smallest absolute Gasteiger partial charge is 0.252 e. The van der Waals surface area contributed by atoms with Gasteiger partial charge in [-0.05, 0) is 50.8 Å². The topological polar surface area (TPSA) is 79.0 Å². The average Bonchev–Trinajstić information content (AvgIpc) is 2.77. The Morgan fingerprint density at radius 3 is 2.38 bits per heavy atom. The molecule has 1 heterocycles. The summed E-state index contributed by atoms with van der Waals surface area (Å²) >= 11 is 0. The quantitative estimate of drug-likeness (QED) is 0.722. The fraction of sp³-hybridized carbons (Fsp3) is 0.591. The van der Waals surface area contributed by atoms with Crippen LogP contribution in [0.2, 0.25) is 0 Å². The second-order valence-electron chi connectivity index (χ2n) is 7.27. The first-order valence-corrected chi connectivity index (χ1v) is 10.5. The van der Waals surface area contributed by atoms with E-state index < -0.39 is 6.04 Å². The van der Waals surface area contributed by atoms with Gasteiger partial charge in [-0.1, -0.05) is 13.0 Å². The Labute approximate surface area is 173 Å². The average molecular weight is 404 g/mol. The van der Waals surface area contributed by atoms with Gasteiger partial charge < -0.3 is 19.9 Å². The van der Waals surface area contributed by atoms with Crippen molar-refractivity contribution in [2.45, 2.75) is 46.1 Å². The highest BCUT2D eigenvalue weighted by Gasteiger charge is 2.35. The van der Waals surface area contributed by atoms with E-state index in [9.17, 15) is 14.4 Å². The zero-order chi connectivity index (χ0) is 21.4. The lowest BCUT2D eigenvalue weighted by atomic mass is 9.88. The van der Waals surface area contributed by atoms with E-state index in [1.165, 1.54) is 0 Å². The molecule has 1 fully saturated rings. The number of piperidine rings is 1. The van der Waals surface area contributed by atoms with Crippen molar-refractivity contribution in [3.8, 4) is 5.75 Å². The van der Waals surface area contributed by atoms with Gasteiger partial charge in [0.25, 0.3) is 5.91 Å². The highest BCUT2D eigenvalue weighted by atomic mass is 16.5. The molecule has 1 aromatic carbocycles. The first kappa shape index (κ1) is 22.7. The van der Waals surface area contributed by atoms with Gasteiger partial charge in [-0.3, -0.25) is 14.4 Å². The van der Waals surface area contributed by atoms with Crippen LogP contribution in [-0.2, 0) is 9.59 Å². The van der Waals surface area contributed by atoms with Crippen molar-refractivity contribution in [3.63, 3.8) is 0 Å². The second kappa shape index (κ2) is 10.8. The Balaban J connectivity index is 2.18. The van der Waals surface area contributed by atoms with Gasteiger partial charge in [0.2, 0.25) is 11.8 Å². The number of methoxy groups -OCH3 is 1. The minimum Gasteiger partial charge on any atom is -0.497 e. The van der Waals surface area contributed by atoms with Gasteiger partial charge in [-0.15, -0.1) is 0 Å². The standard InChI is InChI=1S/C22H33N3O4/c1-5-19(26)25-13-11-16(12-14-25)20(22(28)24(6-2)7-3)23-21(27)17-9-8-10-18(15-17)29-4/h8-10,15-16,20H,5-7,11-14H2,1-4H3,(H,23,27)/t20-/m1/s1. The van der Waals surface area contributed by atoms with Crippen LogP contribution in [0.25, 0.3) is 0 Å². The van der Waals surface area contributed by atoms with Gasteiger partial charge >= 0.3 is 0 Å². The van der Waals surface area contributed by atoms with Gasteiger partial charge in [-0.2, -0.15) is 0 Å². The van der Waals surface area contributed by atoms with Crippen LogP contribution in [0, 0.1) is 5.92 Å². The van der Waals surface area contributed by atoms with Gasteiger partial charge in [0, 0.05) is 38.2 Å². The molecule has 1 aromatic rings. The normalized spacial score (nSPS) is 15.5. The highest BCUT2D eigenvalue weighted by molar-refractivity contribution is 5.98. The number of carbonyl (C=O) groups is 3. The summed E-state index contributed by atoms with van der Waals surface area (Å²) in [5.41, 5.74) is 0.459. The summed E-state index contributed by atoms with van der Waals surface area (Å²) in [7, 11) is 1.55. The van der Waals surface area contributed by atoms with Crippen LogP contribution in [-0.4, -0.2) is 66.9 Å². The molecule has 1 aliphatic rings. The van der Waals surface area contributed by atoms with E-state index in [0.29, 0.717) is 56.8 Å².